The van der Waals surface area contributed by atoms with E-state index in [2.05, 4.69) is 44.2 Å². The number of halogens is 1. The van der Waals surface area contributed by atoms with Gasteiger partial charge in [0, 0.05) is 19.3 Å². The summed E-state index contributed by atoms with van der Waals surface area (Å²) < 4.78 is 0.905. The van der Waals surface area contributed by atoms with E-state index in [-0.39, 0.29) is 0 Å². The number of piperidine rings is 1. The largest absolute Gasteiger partial charge is 0.317 e. The number of hydrogen-bond donors (Lipinski definition) is 1. The van der Waals surface area contributed by atoms with Crippen molar-refractivity contribution in [2.24, 2.45) is 5.92 Å². The maximum absolute atomic E-state index is 4.26. The molecule has 94 valence electrons. The van der Waals surface area contributed by atoms with E-state index in [4.69, 9.17) is 0 Å². The number of nitrogens with zero attached hydrogens (tertiary/aromatic N) is 2. The summed E-state index contributed by atoms with van der Waals surface area (Å²) in [7, 11) is 2.20. The fourth-order valence-corrected chi connectivity index (χ4v) is 2.62. The highest BCUT2D eigenvalue weighted by atomic mass is 79.9. The van der Waals surface area contributed by atoms with Crippen molar-refractivity contribution in [3.63, 3.8) is 0 Å². The minimum atomic E-state index is 0.852. The second-order valence-electron chi connectivity index (χ2n) is 4.88. The lowest BCUT2D eigenvalue weighted by Gasteiger charge is -2.27. The van der Waals surface area contributed by atoms with Crippen LogP contribution in [0.15, 0.2) is 22.9 Å². The molecule has 1 N–H and O–H groups in total. The van der Waals surface area contributed by atoms with Gasteiger partial charge in [0.05, 0.1) is 0 Å². The van der Waals surface area contributed by atoms with E-state index in [1.54, 1.807) is 0 Å². The molecule has 1 aliphatic rings. The molecule has 0 bridgehead atoms. The van der Waals surface area contributed by atoms with Crippen LogP contribution in [0.25, 0.3) is 0 Å². The topological polar surface area (TPSA) is 28.2 Å². The first kappa shape index (κ1) is 13.0. The van der Waals surface area contributed by atoms with Gasteiger partial charge in [0.2, 0.25) is 0 Å². The van der Waals surface area contributed by atoms with Crippen molar-refractivity contribution in [2.75, 3.05) is 26.7 Å². The first-order valence-corrected chi connectivity index (χ1v) is 7.03. The van der Waals surface area contributed by atoms with E-state index < -0.39 is 0 Å². The number of rotatable bonds is 4. The molecule has 17 heavy (non-hydrogen) atoms. The summed E-state index contributed by atoms with van der Waals surface area (Å²) in [4.78, 5) is 6.66. The summed E-state index contributed by atoms with van der Waals surface area (Å²) >= 11 is 3.36. The van der Waals surface area contributed by atoms with Crippen molar-refractivity contribution in [2.45, 2.75) is 19.4 Å². The zero-order valence-electron chi connectivity index (χ0n) is 10.3. The normalized spacial score (nSPS) is 17.6. The van der Waals surface area contributed by atoms with Gasteiger partial charge in [-0.25, -0.2) is 4.98 Å². The van der Waals surface area contributed by atoms with E-state index in [1.807, 2.05) is 12.3 Å². The predicted octanol–water partition coefficient (Wildman–Crippen LogP) is 2.28. The average molecular weight is 298 g/mol. The summed E-state index contributed by atoms with van der Waals surface area (Å²) in [5, 5.41) is 3.41. The van der Waals surface area contributed by atoms with Crippen molar-refractivity contribution in [1.29, 1.82) is 0 Å². The van der Waals surface area contributed by atoms with Crippen molar-refractivity contribution in [1.82, 2.24) is 15.2 Å². The fourth-order valence-electron chi connectivity index (χ4n) is 2.38. The van der Waals surface area contributed by atoms with Crippen LogP contribution in [-0.4, -0.2) is 36.6 Å². The van der Waals surface area contributed by atoms with Gasteiger partial charge in [-0.15, -0.1) is 0 Å². The second-order valence-corrected chi connectivity index (χ2v) is 5.69. The molecule has 1 aromatic heterocycles. The third-order valence-electron chi connectivity index (χ3n) is 3.27. The average Bonchev–Trinajstić information content (AvgIpc) is 2.33. The third kappa shape index (κ3) is 4.37. The van der Waals surface area contributed by atoms with Gasteiger partial charge in [-0.05, 0) is 66.5 Å². The molecule has 1 fully saturated rings. The molecule has 0 unspecified atom stereocenters. The van der Waals surface area contributed by atoms with Gasteiger partial charge in [-0.1, -0.05) is 6.07 Å². The maximum atomic E-state index is 4.26. The lowest BCUT2D eigenvalue weighted by molar-refractivity contribution is 0.234. The summed E-state index contributed by atoms with van der Waals surface area (Å²) in [6.45, 7) is 4.54. The first-order valence-electron chi connectivity index (χ1n) is 6.24. The van der Waals surface area contributed by atoms with Gasteiger partial charge < -0.3 is 10.2 Å². The molecule has 3 nitrogen and oxygen atoms in total. The molecule has 0 amide bonds. The lowest BCUT2D eigenvalue weighted by atomic mass is 9.97. The molecule has 0 saturated carbocycles. The standard InChI is InChI=1S/C13H20BrN3/c1-17(9-11-4-6-15-7-5-11)10-12-2-3-13(14)16-8-12/h2-3,8,11,15H,4-7,9-10H2,1H3. The molecule has 1 aromatic rings. The first-order chi connectivity index (χ1) is 8.24. The molecule has 0 spiro atoms. The van der Waals surface area contributed by atoms with E-state index in [0.717, 1.165) is 17.1 Å². The Labute approximate surface area is 112 Å². The van der Waals surface area contributed by atoms with Gasteiger partial charge in [0.1, 0.15) is 4.60 Å². The minimum Gasteiger partial charge on any atom is -0.317 e. The quantitative estimate of drug-likeness (QED) is 0.864. The number of hydrogen-bond acceptors (Lipinski definition) is 3. The highest BCUT2D eigenvalue weighted by molar-refractivity contribution is 9.10. The smallest absolute Gasteiger partial charge is 0.106 e. The Kier molecular flexibility index (Phi) is 4.95. The molecule has 0 aliphatic carbocycles. The maximum Gasteiger partial charge on any atom is 0.106 e. The second kappa shape index (κ2) is 6.47. The molecule has 2 rings (SSSR count). The van der Waals surface area contributed by atoms with Gasteiger partial charge in [-0.3, -0.25) is 0 Å². The Morgan fingerprint density at radius 1 is 1.41 bits per heavy atom. The Morgan fingerprint density at radius 2 is 2.18 bits per heavy atom. The van der Waals surface area contributed by atoms with Crippen molar-refractivity contribution in [3.8, 4) is 0 Å². The van der Waals surface area contributed by atoms with Crippen LogP contribution in [0.2, 0.25) is 0 Å². The molecular weight excluding hydrogens is 278 g/mol. The number of nitrogens with one attached hydrogen (secondary N) is 1. The zero-order valence-corrected chi connectivity index (χ0v) is 11.9. The van der Waals surface area contributed by atoms with Crippen LogP contribution in [0.5, 0.6) is 0 Å². The van der Waals surface area contributed by atoms with Crippen LogP contribution in [0.4, 0.5) is 0 Å². The summed E-state index contributed by atoms with van der Waals surface area (Å²) in [5.41, 5.74) is 1.28. The fraction of sp³-hybridized carbons (Fsp3) is 0.615. The van der Waals surface area contributed by atoms with Crippen LogP contribution in [0.1, 0.15) is 18.4 Å². The molecule has 2 heterocycles. The summed E-state index contributed by atoms with van der Waals surface area (Å²) in [5.74, 6) is 0.852. The van der Waals surface area contributed by atoms with Gasteiger partial charge in [0.15, 0.2) is 0 Å². The third-order valence-corrected chi connectivity index (χ3v) is 3.74. The number of pyridine rings is 1. The van der Waals surface area contributed by atoms with Crippen molar-refractivity contribution in [3.05, 3.63) is 28.5 Å². The Balaban J connectivity index is 1.79. The van der Waals surface area contributed by atoms with Crippen LogP contribution in [-0.2, 0) is 6.54 Å². The molecule has 0 atom stereocenters. The van der Waals surface area contributed by atoms with E-state index in [0.29, 0.717) is 0 Å². The molecule has 0 aromatic carbocycles. The number of aromatic nitrogens is 1. The molecule has 1 aliphatic heterocycles. The SMILES string of the molecule is CN(Cc1ccc(Br)nc1)CC1CCNCC1. The Bertz CT molecular complexity index is 333. The highest BCUT2D eigenvalue weighted by Crippen LogP contribution is 2.14. The summed E-state index contributed by atoms with van der Waals surface area (Å²) in [6, 6.07) is 4.14. The van der Waals surface area contributed by atoms with Crippen LogP contribution >= 0.6 is 15.9 Å². The van der Waals surface area contributed by atoms with E-state index in [1.165, 1.54) is 38.0 Å². The van der Waals surface area contributed by atoms with Crippen molar-refractivity contribution < 1.29 is 0 Å². The minimum absolute atomic E-state index is 0.852. The van der Waals surface area contributed by atoms with Gasteiger partial charge >= 0.3 is 0 Å². The summed E-state index contributed by atoms with van der Waals surface area (Å²) in [6.07, 6.45) is 4.56. The molecular formula is C13H20BrN3. The van der Waals surface area contributed by atoms with Crippen LogP contribution in [0, 0.1) is 5.92 Å². The molecule has 0 radical (unpaired) electrons. The Hall–Kier alpha value is -0.450. The predicted molar refractivity (Wildman–Crippen MR) is 73.9 cm³/mol. The van der Waals surface area contributed by atoms with Crippen LogP contribution in [0.3, 0.4) is 0 Å². The molecule has 1 saturated heterocycles. The highest BCUT2D eigenvalue weighted by Gasteiger charge is 2.14. The Morgan fingerprint density at radius 3 is 2.82 bits per heavy atom. The van der Waals surface area contributed by atoms with Gasteiger partial charge in [0.25, 0.3) is 0 Å². The van der Waals surface area contributed by atoms with E-state index in [9.17, 15) is 0 Å². The molecule has 4 heteroatoms. The zero-order chi connectivity index (χ0) is 12.1. The van der Waals surface area contributed by atoms with Crippen LogP contribution < -0.4 is 5.32 Å². The van der Waals surface area contributed by atoms with E-state index >= 15 is 0 Å². The van der Waals surface area contributed by atoms with Gasteiger partial charge in [-0.2, -0.15) is 0 Å². The van der Waals surface area contributed by atoms with Crippen molar-refractivity contribution >= 4 is 15.9 Å². The monoisotopic (exact) mass is 297 g/mol. The lowest BCUT2D eigenvalue weighted by Crippen LogP contribution is -2.34.